The normalized spacial score (nSPS) is 23.5. The highest BCUT2D eigenvalue weighted by Gasteiger charge is 2.24. The van der Waals surface area contributed by atoms with E-state index in [1.165, 1.54) is 5.56 Å². The summed E-state index contributed by atoms with van der Waals surface area (Å²) in [5.41, 5.74) is 1.28. The fourth-order valence-corrected chi connectivity index (χ4v) is 4.11. The molecule has 1 aromatic rings. The SMILES string of the molecule is CN1CCC(CC(=O)NC2CCCN(Cc3ccc(Cl)cc3)C2)CC1. The lowest BCUT2D eigenvalue weighted by Crippen LogP contribution is -2.47. The molecule has 5 heteroatoms. The summed E-state index contributed by atoms with van der Waals surface area (Å²) in [6.07, 6.45) is 5.24. The molecule has 1 unspecified atom stereocenters. The predicted molar refractivity (Wildman–Crippen MR) is 103 cm³/mol. The number of rotatable bonds is 5. The minimum atomic E-state index is 0.243. The Morgan fingerprint density at radius 3 is 2.60 bits per heavy atom. The van der Waals surface area contributed by atoms with Crippen molar-refractivity contribution < 1.29 is 4.79 Å². The number of carbonyl (C=O) groups excluding carboxylic acids is 1. The van der Waals surface area contributed by atoms with Gasteiger partial charge in [-0.2, -0.15) is 0 Å². The van der Waals surface area contributed by atoms with Gasteiger partial charge in [-0.25, -0.2) is 0 Å². The van der Waals surface area contributed by atoms with E-state index in [-0.39, 0.29) is 5.91 Å². The van der Waals surface area contributed by atoms with Crippen molar-refractivity contribution in [2.45, 2.75) is 44.7 Å². The van der Waals surface area contributed by atoms with Crippen LogP contribution in [0.3, 0.4) is 0 Å². The molecular weight excluding hydrogens is 334 g/mol. The molecule has 138 valence electrons. The van der Waals surface area contributed by atoms with E-state index < -0.39 is 0 Å². The Balaban J connectivity index is 1.43. The third-order valence-corrected chi connectivity index (χ3v) is 5.75. The second-order valence-corrected chi connectivity index (χ2v) is 8.16. The number of amides is 1. The number of nitrogens with zero attached hydrogens (tertiary/aromatic N) is 2. The maximum atomic E-state index is 12.4. The molecule has 0 saturated carbocycles. The van der Waals surface area contributed by atoms with Crippen LogP contribution in [0.1, 0.15) is 37.7 Å². The molecule has 0 aliphatic carbocycles. The van der Waals surface area contributed by atoms with Gasteiger partial charge in [0.15, 0.2) is 0 Å². The van der Waals surface area contributed by atoms with Gasteiger partial charge in [0.1, 0.15) is 0 Å². The summed E-state index contributed by atoms with van der Waals surface area (Å²) in [6, 6.07) is 8.36. The van der Waals surface area contributed by atoms with Crippen LogP contribution in [0.2, 0.25) is 5.02 Å². The van der Waals surface area contributed by atoms with Crippen molar-refractivity contribution in [1.29, 1.82) is 0 Å². The minimum Gasteiger partial charge on any atom is -0.352 e. The third kappa shape index (κ3) is 5.98. The molecule has 3 rings (SSSR count). The minimum absolute atomic E-state index is 0.243. The fourth-order valence-electron chi connectivity index (χ4n) is 3.98. The summed E-state index contributed by atoms with van der Waals surface area (Å²) < 4.78 is 0. The lowest BCUT2D eigenvalue weighted by Gasteiger charge is -2.34. The predicted octanol–water partition coefficient (Wildman–Crippen LogP) is 3.15. The first kappa shape index (κ1) is 18.7. The zero-order valence-electron chi connectivity index (χ0n) is 15.2. The molecule has 1 N–H and O–H groups in total. The maximum absolute atomic E-state index is 12.4. The van der Waals surface area contributed by atoms with Gasteiger partial charge in [0.2, 0.25) is 5.91 Å². The number of benzene rings is 1. The van der Waals surface area contributed by atoms with Crippen LogP contribution in [-0.2, 0) is 11.3 Å². The Kier molecular flexibility index (Phi) is 6.74. The van der Waals surface area contributed by atoms with Gasteiger partial charge in [-0.05, 0) is 76.0 Å². The van der Waals surface area contributed by atoms with Crippen LogP contribution in [0.25, 0.3) is 0 Å². The van der Waals surface area contributed by atoms with Crippen LogP contribution < -0.4 is 5.32 Å². The summed E-state index contributed by atoms with van der Waals surface area (Å²) >= 11 is 5.96. The highest BCUT2D eigenvalue weighted by Crippen LogP contribution is 2.20. The topological polar surface area (TPSA) is 35.6 Å². The van der Waals surface area contributed by atoms with E-state index in [2.05, 4.69) is 34.3 Å². The van der Waals surface area contributed by atoms with Crippen molar-refractivity contribution in [3.8, 4) is 0 Å². The number of carbonyl (C=O) groups is 1. The zero-order valence-corrected chi connectivity index (χ0v) is 16.0. The van der Waals surface area contributed by atoms with Gasteiger partial charge in [0, 0.05) is 30.6 Å². The van der Waals surface area contributed by atoms with E-state index in [1.54, 1.807) is 0 Å². The van der Waals surface area contributed by atoms with Crippen molar-refractivity contribution in [3.63, 3.8) is 0 Å². The lowest BCUT2D eigenvalue weighted by atomic mass is 9.93. The van der Waals surface area contributed by atoms with Gasteiger partial charge < -0.3 is 10.2 Å². The van der Waals surface area contributed by atoms with Gasteiger partial charge >= 0.3 is 0 Å². The number of likely N-dealkylation sites (tertiary alicyclic amines) is 2. The summed E-state index contributed by atoms with van der Waals surface area (Å²) in [7, 11) is 2.16. The van der Waals surface area contributed by atoms with E-state index in [9.17, 15) is 4.79 Å². The van der Waals surface area contributed by atoms with Crippen molar-refractivity contribution in [2.75, 3.05) is 33.2 Å². The van der Waals surface area contributed by atoms with E-state index >= 15 is 0 Å². The Morgan fingerprint density at radius 2 is 1.88 bits per heavy atom. The first-order valence-corrected chi connectivity index (χ1v) is 9.91. The zero-order chi connectivity index (χ0) is 17.6. The molecule has 0 bridgehead atoms. The highest BCUT2D eigenvalue weighted by molar-refractivity contribution is 6.30. The van der Waals surface area contributed by atoms with Crippen LogP contribution in [0.15, 0.2) is 24.3 Å². The molecule has 25 heavy (non-hydrogen) atoms. The lowest BCUT2D eigenvalue weighted by molar-refractivity contribution is -0.123. The van der Waals surface area contributed by atoms with Crippen molar-refractivity contribution in [1.82, 2.24) is 15.1 Å². The first-order valence-electron chi connectivity index (χ1n) is 9.53. The molecule has 0 spiro atoms. The van der Waals surface area contributed by atoms with Gasteiger partial charge in [-0.1, -0.05) is 23.7 Å². The molecule has 2 fully saturated rings. The second-order valence-electron chi connectivity index (χ2n) is 7.72. The Labute approximate surface area is 156 Å². The number of hydrogen-bond donors (Lipinski definition) is 1. The molecule has 0 aromatic heterocycles. The average molecular weight is 364 g/mol. The largest absolute Gasteiger partial charge is 0.352 e. The summed E-state index contributed by atoms with van der Waals surface area (Å²) in [4.78, 5) is 17.2. The summed E-state index contributed by atoms with van der Waals surface area (Å²) in [6.45, 7) is 5.22. The molecule has 1 aromatic carbocycles. The number of nitrogens with one attached hydrogen (secondary N) is 1. The van der Waals surface area contributed by atoms with Gasteiger partial charge in [-0.15, -0.1) is 0 Å². The molecule has 2 aliphatic rings. The molecule has 2 saturated heterocycles. The fraction of sp³-hybridized carbons (Fsp3) is 0.650. The number of hydrogen-bond acceptors (Lipinski definition) is 3. The Morgan fingerprint density at radius 1 is 1.16 bits per heavy atom. The first-order chi connectivity index (χ1) is 12.1. The highest BCUT2D eigenvalue weighted by atomic mass is 35.5. The maximum Gasteiger partial charge on any atom is 0.220 e. The van der Waals surface area contributed by atoms with Gasteiger partial charge in [0.25, 0.3) is 0 Å². The van der Waals surface area contributed by atoms with Crippen LogP contribution in [-0.4, -0.2) is 55.0 Å². The standard InChI is InChI=1S/C20H30ClN3O/c1-23-11-8-16(9-12-23)13-20(25)22-19-3-2-10-24(15-19)14-17-4-6-18(21)7-5-17/h4-7,16,19H,2-3,8-15H2,1H3,(H,22,25). The monoisotopic (exact) mass is 363 g/mol. The van der Waals surface area contributed by atoms with Crippen LogP contribution in [0, 0.1) is 5.92 Å². The van der Waals surface area contributed by atoms with Gasteiger partial charge in [-0.3, -0.25) is 9.69 Å². The molecule has 0 radical (unpaired) electrons. The smallest absolute Gasteiger partial charge is 0.220 e. The summed E-state index contributed by atoms with van der Waals surface area (Å²) in [5.74, 6) is 0.804. The van der Waals surface area contributed by atoms with E-state index in [1.807, 2.05) is 12.1 Å². The van der Waals surface area contributed by atoms with Crippen LogP contribution in [0.5, 0.6) is 0 Å². The molecule has 1 amide bonds. The average Bonchev–Trinajstić information content (AvgIpc) is 2.59. The Hall–Kier alpha value is -1.10. The van der Waals surface area contributed by atoms with Crippen molar-refractivity contribution in [2.24, 2.45) is 5.92 Å². The number of halogens is 1. The van der Waals surface area contributed by atoms with Crippen molar-refractivity contribution >= 4 is 17.5 Å². The van der Waals surface area contributed by atoms with Crippen LogP contribution >= 0.6 is 11.6 Å². The molecule has 1 atom stereocenters. The van der Waals surface area contributed by atoms with Gasteiger partial charge in [0.05, 0.1) is 0 Å². The molecule has 2 heterocycles. The molecule has 4 nitrogen and oxygen atoms in total. The molecular formula is C20H30ClN3O. The van der Waals surface area contributed by atoms with E-state index in [0.717, 1.165) is 63.4 Å². The quantitative estimate of drug-likeness (QED) is 0.872. The van der Waals surface area contributed by atoms with Crippen LogP contribution in [0.4, 0.5) is 0 Å². The van der Waals surface area contributed by atoms with E-state index in [0.29, 0.717) is 18.4 Å². The van der Waals surface area contributed by atoms with Crippen molar-refractivity contribution in [3.05, 3.63) is 34.9 Å². The molecule has 2 aliphatic heterocycles. The number of piperidine rings is 2. The Bertz CT molecular complexity index is 555. The van der Waals surface area contributed by atoms with E-state index in [4.69, 9.17) is 11.6 Å². The third-order valence-electron chi connectivity index (χ3n) is 5.50. The summed E-state index contributed by atoms with van der Waals surface area (Å²) in [5, 5.41) is 4.07. The second kappa shape index (κ2) is 9.02.